The van der Waals surface area contributed by atoms with Gasteiger partial charge in [-0.25, -0.2) is 0 Å². The number of nitro groups is 1. The van der Waals surface area contributed by atoms with Gasteiger partial charge in [0, 0.05) is 25.2 Å². The number of ether oxygens (including phenoxy) is 1. The van der Waals surface area contributed by atoms with E-state index in [-0.39, 0.29) is 11.6 Å². The van der Waals surface area contributed by atoms with Gasteiger partial charge in [-0.15, -0.1) is 0 Å². The molecular weight excluding hydrogens is 334 g/mol. The first kappa shape index (κ1) is 17.7. The van der Waals surface area contributed by atoms with Gasteiger partial charge in [-0.1, -0.05) is 31.2 Å². The zero-order chi connectivity index (χ0) is 18.5. The highest BCUT2D eigenvalue weighted by Gasteiger charge is 2.30. The maximum Gasteiger partial charge on any atom is 0.269 e. The Kier molecular flexibility index (Phi) is 5.36. The Bertz CT molecular complexity index is 792. The predicted octanol–water partition coefficient (Wildman–Crippen LogP) is 2.89. The summed E-state index contributed by atoms with van der Waals surface area (Å²) >= 11 is 0. The molecular formula is C19H21N3O4. The lowest BCUT2D eigenvalue weighted by Crippen LogP contribution is -2.48. The summed E-state index contributed by atoms with van der Waals surface area (Å²) in [5.41, 5.74) is 1.90. The number of carbonyl (C=O) groups excluding carboxylic acids is 1. The van der Waals surface area contributed by atoms with E-state index < -0.39 is 11.0 Å². The van der Waals surface area contributed by atoms with Crippen molar-refractivity contribution in [3.05, 3.63) is 64.2 Å². The van der Waals surface area contributed by atoms with Crippen LogP contribution in [0.1, 0.15) is 18.9 Å². The van der Waals surface area contributed by atoms with Crippen LogP contribution in [0.2, 0.25) is 0 Å². The highest BCUT2D eigenvalue weighted by molar-refractivity contribution is 5.83. The summed E-state index contributed by atoms with van der Waals surface area (Å²) in [6.45, 7) is 3.57. The topological polar surface area (TPSA) is 84.7 Å². The second kappa shape index (κ2) is 7.86. The van der Waals surface area contributed by atoms with Crippen LogP contribution in [0, 0.1) is 10.1 Å². The lowest BCUT2D eigenvalue weighted by atomic mass is 10.1. The molecule has 3 rings (SSSR count). The zero-order valence-corrected chi connectivity index (χ0v) is 14.6. The summed E-state index contributed by atoms with van der Waals surface area (Å²) in [4.78, 5) is 24.8. The van der Waals surface area contributed by atoms with E-state index in [0.717, 1.165) is 17.7 Å². The highest BCUT2D eigenvalue weighted by Crippen LogP contribution is 2.34. The van der Waals surface area contributed by atoms with Gasteiger partial charge in [-0.05, 0) is 24.1 Å². The van der Waals surface area contributed by atoms with Gasteiger partial charge in [0.15, 0.2) is 6.10 Å². The zero-order valence-electron chi connectivity index (χ0n) is 14.6. The SMILES string of the molecule is CCCNC(=O)[C@H]1CN(Cc2ccc([N+](=O)[O-])cc2)c2ccccc2O1. The molecule has 1 atom stereocenters. The number of amides is 1. The Morgan fingerprint density at radius 3 is 2.69 bits per heavy atom. The van der Waals surface area contributed by atoms with Gasteiger partial charge in [-0.2, -0.15) is 0 Å². The molecule has 7 nitrogen and oxygen atoms in total. The lowest BCUT2D eigenvalue weighted by Gasteiger charge is -2.35. The van der Waals surface area contributed by atoms with E-state index in [4.69, 9.17) is 4.74 Å². The number of benzene rings is 2. The van der Waals surface area contributed by atoms with E-state index in [9.17, 15) is 14.9 Å². The number of non-ortho nitro benzene ring substituents is 1. The highest BCUT2D eigenvalue weighted by atomic mass is 16.6. The van der Waals surface area contributed by atoms with E-state index >= 15 is 0 Å². The quantitative estimate of drug-likeness (QED) is 0.636. The molecule has 1 N–H and O–H groups in total. The molecule has 136 valence electrons. The monoisotopic (exact) mass is 355 g/mol. The summed E-state index contributed by atoms with van der Waals surface area (Å²) in [5, 5.41) is 13.7. The minimum Gasteiger partial charge on any atom is -0.477 e. The summed E-state index contributed by atoms with van der Waals surface area (Å²) in [5.74, 6) is 0.535. The van der Waals surface area contributed by atoms with Crippen LogP contribution in [-0.4, -0.2) is 30.0 Å². The van der Waals surface area contributed by atoms with Gasteiger partial charge in [0.1, 0.15) is 5.75 Å². The molecule has 0 aromatic heterocycles. The molecule has 0 saturated heterocycles. The maximum absolute atomic E-state index is 12.3. The third-order valence-corrected chi connectivity index (χ3v) is 4.22. The fourth-order valence-electron chi connectivity index (χ4n) is 2.90. The number of hydrogen-bond donors (Lipinski definition) is 1. The van der Waals surface area contributed by atoms with E-state index in [1.54, 1.807) is 12.1 Å². The number of carbonyl (C=O) groups is 1. The Morgan fingerprint density at radius 2 is 2.00 bits per heavy atom. The molecule has 2 aromatic rings. The summed E-state index contributed by atoms with van der Waals surface area (Å²) < 4.78 is 5.87. The second-order valence-corrected chi connectivity index (χ2v) is 6.17. The third kappa shape index (κ3) is 3.93. The van der Waals surface area contributed by atoms with Crippen LogP contribution >= 0.6 is 0 Å². The van der Waals surface area contributed by atoms with Crippen molar-refractivity contribution in [3.63, 3.8) is 0 Å². The number of nitro benzene ring substituents is 1. The first-order valence-electron chi connectivity index (χ1n) is 8.60. The lowest BCUT2D eigenvalue weighted by molar-refractivity contribution is -0.384. The molecule has 1 heterocycles. The van der Waals surface area contributed by atoms with Crippen LogP contribution in [-0.2, 0) is 11.3 Å². The molecule has 0 aliphatic carbocycles. The van der Waals surface area contributed by atoms with E-state index in [2.05, 4.69) is 10.2 Å². The van der Waals surface area contributed by atoms with E-state index in [1.165, 1.54) is 12.1 Å². The molecule has 26 heavy (non-hydrogen) atoms. The molecule has 2 aromatic carbocycles. The van der Waals surface area contributed by atoms with Crippen LogP contribution < -0.4 is 15.0 Å². The van der Waals surface area contributed by atoms with Crippen molar-refractivity contribution in [2.45, 2.75) is 26.0 Å². The molecule has 1 amide bonds. The molecule has 1 aliphatic rings. The number of rotatable bonds is 6. The standard InChI is InChI=1S/C19H21N3O4/c1-2-11-20-19(23)18-13-21(16-5-3-4-6-17(16)26-18)12-14-7-9-15(10-8-14)22(24)25/h3-10,18H,2,11-13H2,1H3,(H,20,23)/t18-/m1/s1. The molecule has 0 radical (unpaired) electrons. The number of nitrogens with zero attached hydrogens (tertiary/aromatic N) is 2. The smallest absolute Gasteiger partial charge is 0.269 e. The van der Waals surface area contributed by atoms with Crippen molar-refractivity contribution < 1.29 is 14.5 Å². The van der Waals surface area contributed by atoms with Crippen molar-refractivity contribution in [2.24, 2.45) is 0 Å². The number of para-hydroxylation sites is 2. The molecule has 0 bridgehead atoms. The summed E-state index contributed by atoms with van der Waals surface area (Å²) in [6, 6.07) is 14.0. The average molecular weight is 355 g/mol. The van der Waals surface area contributed by atoms with Crippen LogP contribution in [0.25, 0.3) is 0 Å². The molecule has 0 spiro atoms. The minimum atomic E-state index is -0.588. The van der Waals surface area contributed by atoms with Crippen LogP contribution in [0.15, 0.2) is 48.5 Å². The number of nitrogens with one attached hydrogen (secondary N) is 1. The fourth-order valence-corrected chi connectivity index (χ4v) is 2.90. The Labute approximate surface area is 151 Å². The van der Waals surface area contributed by atoms with Crippen molar-refractivity contribution in [2.75, 3.05) is 18.0 Å². The molecule has 1 aliphatic heterocycles. The van der Waals surface area contributed by atoms with Crippen LogP contribution in [0.4, 0.5) is 11.4 Å². The minimum absolute atomic E-state index is 0.0629. The summed E-state index contributed by atoms with van der Waals surface area (Å²) in [6.07, 6.45) is 0.274. The van der Waals surface area contributed by atoms with Gasteiger partial charge in [0.2, 0.25) is 0 Å². The van der Waals surface area contributed by atoms with Gasteiger partial charge in [0.25, 0.3) is 11.6 Å². The molecule has 0 saturated carbocycles. The Balaban J connectivity index is 1.80. The van der Waals surface area contributed by atoms with Crippen LogP contribution in [0.5, 0.6) is 5.75 Å². The van der Waals surface area contributed by atoms with Crippen molar-refractivity contribution in [3.8, 4) is 5.75 Å². The summed E-state index contributed by atoms with van der Waals surface area (Å²) in [7, 11) is 0. The molecule has 0 fully saturated rings. The first-order chi connectivity index (χ1) is 12.6. The van der Waals surface area contributed by atoms with Gasteiger partial charge in [0.05, 0.1) is 17.2 Å². The molecule has 7 heteroatoms. The maximum atomic E-state index is 12.3. The predicted molar refractivity (Wildman–Crippen MR) is 98.3 cm³/mol. The number of hydrogen-bond acceptors (Lipinski definition) is 5. The van der Waals surface area contributed by atoms with Crippen LogP contribution in [0.3, 0.4) is 0 Å². The van der Waals surface area contributed by atoms with Gasteiger partial charge < -0.3 is 15.0 Å². The van der Waals surface area contributed by atoms with Gasteiger partial charge >= 0.3 is 0 Å². The largest absolute Gasteiger partial charge is 0.477 e. The Hall–Kier alpha value is -3.09. The third-order valence-electron chi connectivity index (χ3n) is 4.22. The van der Waals surface area contributed by atoms with Crippen molar-refractivity contribution >= 4 is 17.3 Å². The first-order valence-corrected chi connectivity index (χ1v) is 8.60. The average Bonchev–Trinajstić information content (AvgIpc) is 2.66. The normalized spacial score (nSPS) is 15.7. The Morgan fingerprint density at radius 1 is 1.27 bits per heavy atom. The second-order valence-electron chi connectivity index (χ2n) is 6.17. The number of anilines is 1. The van der Waals surface area contributed by atoms with Gasteiger partial charge in [-0.3, -0.25) is 14.9 Å². The van der Waals surface area contributed by atoms with E-state index in [1.807, 2.05) is 31.2 Å². The number of fused-ring (bicyclic) bond motifs is 1. The van der Waals surface area contributed by atoms with Crippen molar-refractivity contribution in [1.82, 2.24) is 5.32 Å². The molecule has 0 unspecified atom stereocenters. The fraction of sp³-hybridized carbons (Fsp3) is 0.316. The van der Waals surface area contributed by atoms with Crippen molar-refractivity contribution in [1.29, 1.82) is 0 Å². The van der Waals surface area contributed by atoms with E-state index in [0.29, 0.717) is 25.4 Å².